The number of aliphatic imine (C=N–C) groups is 1. The maximum absolute atomic E-state index is 12.1. The number of likely N-dealkylation sites (tertiary alicyclic amines) is 1. The Balaban J connectivity index is 0.00000341. The molecule has 1 aromatic carbocycles. The Morgan fingerprint density at radius 2 is 1.84 bits per heavy atom. The van der Waals surface area contributed by atoms with Crippen LogP contribution in [0.1, 0.15) is 41.9 Å². The summed E-state index contributed by atoms with van der Waals surface area (Å²) in [4.78, 5) is 19.3. The maximum atomic E-state index is 12.1. The molecule has 0 aliphatic carbocycles. The number of rotatable bonds is 9. The van der Waals surface area contributed by atoms with E-state index in [9.17, 15) is 9.90 Å². The van der Waals surface area contributed by atoms with Gasteiger partial charge in [-0.1, -0.05) is 0 Å². The minimum Gasteiger partial charge on any atom is -0.508 e. The van der Waals surface area contributed by atoms with Crippen molar-refractivity contribution in [3.8, 4) is 5.75 Å². The van der Waals surface area contributed by atoms with Gasteiger partial charge in [-0.2, -0.15) is 0 Å². The van der Waals surface area contributed by atoms with E-state index >= 15 is 0 Å². The lowest BCUT2D eigenvalue weighted by Gasteiger charge is -2.24. The van der Waals surface area contributed by atoms with Crippen molar-refractivity contribution >= 4 is 35.8 Å². The van der Waals surface area contributed by atoms with Gasteiger partial charge in [0.1, 0.15) is 11.5 Å². The Morgan fingerprint density at radius 3 is 2.48 bits per heavy atom. The van der Waals surface area contributed by atoms with E-state index in [4.69, 9.17) is 9.41 Å². The molecule has 0 spiro atoms. The van der Waals surface area contributed by atoms with Crippen LogP contribution in [-0.4, -0.2) is 61.1 Å². The van der Waals surface area contributed by atoms with E-state index in [0.29, 0.717) is 31.2 Å². The van der Waals surface area contributed by atoms with Gasteiger partial charge >= 0.3 is 0 Å². The van der Waals surface area contributed by atoms with Gasteiger partial charge in [0, 0.05) is 25.2 Å². The van der Waals surface area contributed by atoms with Gasteiger partial charge in [0.2, 0.25) is 0 Å². The lowest BCUT2D eigenvalue weighted by molar-refractivity contribution is 0.0954. The van der Waals surface area contributed by atoms with Gasteiger partial charge in [-0.15, -0.1) is 24.0 Å². The van der Waals surface area contributed by atoms with Crippen molar-refractivity contribution in [3.63, 3.8) is 0 Å². The molecule has 1 amide bonds. The second kappa shape index (κ2) is 13.2. The number of amides is 1. The Hall–Kier alpha value is -2.27. The number of furan rings is 1. The first-order valence-electron chi connectivity index (χ1n) is 10.5. The van der Waals surface area contributed by atoms with Crippen LogP contribution < -0.4 is 16.0 Å². The summed E-state index contributed by atoms with van der Waals surface area (Å²) >= 11 is 0. The highest BCUT2D eigenvalue weighted by molar-refractivity contribution is 14.0. The fourth-order valence-corrected chi connectivity index (χ4v) is 3.51. The van der Waals surface area contributed by atoms with Crippen LogP contribution in [0.5, 0.6) is 5.75 Å². The van der Waals surface area contributed by atoms with Crippen LogP contribution in [-0.2, 0) is 0 Å². The number of nitrogens with one attached hydrogen (secondary N) is 3. The lowest BCUT2D eigenvalue weighted by atomic mass is 10.2. The maximum Gasteiger partial charge on any atom is 0.251 e. The largest absolute Gasteiger partial charge is 0.508 e. The van der Waals surface area contributed by atoms with Gasteiger partial charge in [0.05, 0.1) is 18.8 Å². The molecule has 1 aromatic heterocycles. The smallest absolute Gasteiger partial charge is 0.251 e. The molecule has 4 N–H and O–H groups in total. The summed E-state index contributed by atoms with van der Waals surface area (Å²) in [5.41, 5.74) is 0.514. The number of carbonyl (C=O) groups is 1. The first kappa shape index (κ1) is 25.0. The number of phenols is 1. The Kier molecular flexibility index (Phi) is 10.6. The molecule has 0 radical (unpaired) electrons. The second-order valence-corrected chi connectivity index (χ2v) is 7.22. The van der Waals surface area contributed by atoms with E-state index in [0.717, 1.165) is 25.4 Å². The van der Waals surface area contributed by atoms with Crippen LogP contribution in [0.25, 0.3) is 0 Å². The fraction of sp³-hybridized carbons (Fsp3) is 0.455. The number of guanidine groups is 1. The topological polar surface area (TPSA) is 102 Å². The number of hydrogen-bond acceptors (Lipinski definition) is 5. The van der Waals surface area contributed by atoms with E-state index < -0.39 is 0 Å². The van der Waals surface area contributed by atoms with Crippen molar-refractivity contribution in [2.24, 2.45) is 4.99 Å². The standard InChI is InChI=1S/C22H31N5O3.HI/c1-2-23-22(25-12-11-24-21(29)17-7-9-18(28)10-8-17)26-16-19(20-6-5-15-30-20)27-13-3-4-14-27;/h5-10,15,19,28H,2-4,11-14,16H2,1H3,(H,24,29)(H2,23,25,26);1H. The second-order valence-electron chi connectivity index (χ2n) is 7.22. The van der Waals surface area contributed by atoms with Gasteiger partial charge in [-0.3, -0.25) is 14.7 Å². The van der Waals surface area contributed by atoms with Crippen molar-refractivity contribution in [1.29, 1.82) is 0 Å². The van der Waals surface area contributed by atoms with Crippen LogP contribution >= 0.6 is 24.0 Å². The number of benzene rings is 1. The Labute approximate surface area is 200 Å². The molecule has 2 heterocycles. The van der Waals surface area contributed by atoms with E-state index in [-0.39, 0.29) is 41.7 Å². The minimum absolute atomic E-state index is 0. The molecule has 0 saturated carbocycles. The first-order chi connectivity index (χ1) is 14.7. The molecule has 2 aromatic rings. The molecule has 1 atom stereocenters. The van der Waals surface area contributed by atoms with Crippen LogP contribution in [0.4, 0.5) is 0 Å². The number of carbonyl (C=O) groups excluding carboxylic acids is 1. The zero-order chi connectivity index (χ0) is 21.2. The number of phenolic OH excluding ortho intramolecular Hbond substituents is 1. The van der Waals surface area contributed by atoms with E-state index in [1.165, 1.54) is 25.0 Å². The van der Waals surface area contributed by atoms with Crippen LogP contribution in [0.3, 0.4) is 0 Å². The Bertz CT molecular complexity index is 805. The number of aromatic hydroxyl groups is 1. The van der Waals surface area contributed by atoms with Crippen molar-refractivity contribution in [1.82, 2.24) is 20.9 Å². The summed E-state index contributed by atoms with van der Waals surface area (Å²) in [7, 11) is 0. The summed E-state index contributed by atoms with van der Waals surface area (Å²) in [6.45, 7) is 6.50. The first-order valence-corrected chi connectivity index (χ1v) is 10.5. The third-order valence-electron chi connectivity index (χ3n) is 5.05. The minimum atomic E-state index is -0.175. The molecule has 1 unspecified atom stereocenters. The molecule has 3 rings (SSSR count). The van der Waals surface area contributed by atoms with Crippen LogP contribution in [0.2, 0.25) is 0 Å². The van der Waals surface area contributed by atoms with E-state index in [1.807, 2.05) is 19.1 Å². The molecule has 170 valence electrons. The summed E-state index contributed by atoms with van der Waals surface area (Å²) in [5, 5.41) is 18.7. The average molecular weight is 541 g/mol. The van der Waals surface area contributed by atoms with Crippen molar-refractivity contribution in [2.75, 3.05) is 39.3 Å². The molecular weight excluding hydrogens is 509 g/mol. The highest BCUT2D eigenvalue weighted by atomic mass is 127. The molecule has 0 bridgehead atoms. The number of halogens is 1. The van der Waals surface area contributed by atoms with Gasteiger partial charge in [0.15, 0.2) is 5.96 Å². The molecule has 1 aliphatic rings. The Morgan fingerprint density at radius 1 is 1.13 bits per heavy atom. The highest BCUT2D eigenvalue weighted by Gasteiger charge is 2.25. The molecule has 1 aliphatic heterocycles. The third-order valence-corrected chi connectivity index (χ3v) is 5.05. The molecule has 8 nitrogen and oxygen atoms in total. The quantitative estimate of drug-likeness (QED) is 0.169. The van der Waals surface area contributed by atoms with E-state index in [2.05, 4.69) is 20.9 Å². The summed E-state index contributed by atoms with van der Waals surface area (Å²) in [5.74, 6) is 1.62. The molecular formula is C22H32IN5O3. The summed E-state index contributed by atoms with van der Waals surface area (Å²) in [6, 6.07) is 10.2. The van der Waals surface area contributed by atoms with E-state index in [1.54, 1.807) is 18.4 Å². The monoisotopic (exact) mass is 541 g/mol. The molecule has 31 heavy (non-hydrogen) atoms. The number of hydrogen-bond donors (Lipinski definition) is 4. The van der Waals surface area contributed by atoms with Crippen molar-refractivity contribution in [3.05, 3.63) is 54.0 Å². The fourth-order valence-electron chi connectivity index (χ4n) is 3.51. The van der Waals surface area contributed by atoms with Crippen molar-refractivity contribution < 1.29 is 14.3 Å². The zero-order valence-electron chi connectivity index (χ0n) is 17.8. The summed E-state index contributed by atoms with van der Waals surface area (Å²) < 4.78 is 5.66. The predicted molar refractivity (Wildman–Crippen MR) is 132 cm³/mol. The normalized spacial score (nSPS) is 15.2. The van der Waals surface area contributed by atoms with Crippen LogP contribution in [0.15, 0.2) is 52.1 Å². The molecule has 1 fully saturated rings. The third kappa shape index (κ3) is 7.73. The lowest BCUT2D eigenvalue weighted by Crippen LogP contribution is -2.42. The van der Waals surface area contributed by atoms with Gasteiger partial charge < -0.3 is 25.5 Å². The van der Waals surface area contributed by atoms with Crippen molar-refractivity contribution in [2.45, 2.75) is 25.8 Å². The molecule has 9 heteroatoms. The summed E-state index contributed by atoms with van der Waals surface area (Å²) in [6.07, 6.45) is 4.13. The van der Waals surface area contributed by atoms with Crippen LogP contribution in [0, 0.1) is 0 Å². The van der Waals surface area contributed by atoms with Gasteiger partial charge in [-0.25, -0.2) is 0 Å². The SMILES string of the molecule is CCNC(=NCC(c1ccco1)N1CCCC1)NCCNC(=O)c1ccc(O)cc1.I. The van der Waals surface area contributed by atoms with Gasteiger partial charge in [-0.05, 0) is 69.3 Å². The average Bonchev–Trinajstić information content (AvgIpc) is 3.46. The highest BCUT2D eigenvalue weighted by Crippen LogP contribution is 2.25. The zero-order valence-corrected chi connectivity index (χ0v) is 20.2. The van der Waals surface area contributed by atoms with Gasteiger partial charge in [0.25, 0.3) is 5.91 Å². The number of nitrogens with zero attached hydrogens (tertiary/aromatic N) is 2. The predicted octanol–water partition coefficient (Wildman–Crippen LogP) is 2.73. The molecule has 1 saturated heterocycles.